The number of pyridine rings is 1. The number of ether oxygens (including phenoxy) is 3. The molecule has 0 saturated heterocycles. The highest BCUT2D eigenvalue weighted by molar-refractivity contribution is 5.92. The zero-order valence-corrected chi connectivity index (χ0v) is 11.7. The minimum absolute atomic E-state index is 0.133. The second-order valence-corrected chi connectivity index (χ2v) is 3.92. The van der Waals surface area contributed by atoms with Crippen LogP contribution < -0.4 is 10.2 Å². The summed E-state index contributed by atoms with van der Waals surface area (Å²) in [5, 5.41) is 18.2. The molecule has 116 valence electrons. The number of nitrogens with zero attached hydrogens (tertiary/aromatic N) is 1. The van der Waals surface area contributed by atoms with Crippen molar-refractivity contribution in [2.45, 2.75) is 12.8 Å². The van der Waals surface area contributed by atoms with Gasteiger partial charge in [0.15, 0.2) is 17.7 Å². The van der Waals surface area contributed by atoms with Crippen LogP contribution in [0.4, 0.5) is 0 Å². The highest BCUT2D eigenvalue weighted by atomic mass is 16.7. The Morgan fingerprint density at radius 2 is 1.76 bits per heavy atom. The van der Waals surface area contributed by atoms with Crippen molar-refractivity contribution in [1.82, 2.24) is 4.57 Å². The maximum atomic E-state index is 11.9. The van der Waals surface area contributed by atoms with Crippen LogP contribution >= 0.6 is 0 Å². The van der Waals surface area contributed by atoms with Gasteiger partial charge in [0.2, 0.25) is 5.43 Å². The predicted molar refractivity (Wildman–Crippen MR) is 69.0 cm³/mol. The number of aromatic carboxylic acids is 2. The molecule has 2 N–H and O–H groups in total. The summed E-state index contributed by atoms with van der Waals surface area (Å²) in [5.41, 5.74) is -2.10. The van der Waals surface area contributed by atoms with E-state index in [0.717, 1.165) is 17.9 Å². The molecule has 9 nitrogen and oxygen atoms in total. The molecular formula is C12H15NO8. The molecular weight excluding hydrogens is 286 g/mol. The topological polar surface area (TPSA) is 124 Å². The molecule has 0 atom stereocenters. The van der Waals surface area contributed by atoms with Crippen LogP contribution in [0.15, 0.2) is 11.0 Å². The zero-order chi connectivity index (χ0) is 16.2. The Hall–Kier alpha value is -2.39. The first-order valence-electron chi connectivity index (χ1n) is 5.70. The Kier molecular flexibility index (Phi) is 5.44. The zero-order valence-electron chi connectivity index (χ0n) is 11.7. The molecule has 9 heteroatoms. The lowest BCUT2D eigenvalue weighted by Crippen LogP contribution is -2.29. The molecule has 1 aromatic rings. The van der Waals surface area contributed by atoms with E-state index in [9.17, 15) is 19.5 Å². The van der Waals surface area contributed by atoms with E-state index in [1.165, 1.54) is 14.2 Å². The van der Waals surface area contributed by atoms with E-state index < -0.39 is 40.7 Å². The number of carboxylic acids is 2. The summed E-state index contributed by atoms with van der Waals surface area (Å²) >= 11 is 0. The minimum Gasteiger partial charge on any atom is -0.491 e. The van der Waals surface area contributed by atoms with Crippen molar-refractivity contribution in [1.29, 1.82) is 0 Å². The van der Waals surface area contributed by atoms with Crippen LogP contribution in [0.1, 0.15) is 20.8 Å². The number of carboxylic acid groups (broad SMARTS) is 2. The number of carbonyl (C=O) groups is 2. The fourth-order valence-electron chi connectivity index (χ4n) is 1.75. The number of rotatable bonds is 7. The lowest BCUT2D eigenvalue weighted by Gasteiger charge is -2.19. The Balaban J connectivity index is 3.59. The second kappa shape index (κ2) is 6.86. The molecule has 1 heterocycles. The smallest absolute Gasteiger partial charge is 0.356 e. The van der Waals surface area contributed by atoms with E-state index in [1.807, 2.05) is 0 Å². The maximum absolute atomic E-state index is 11.9. The third-order valence-electron chi connectivity index (χ3n) is 2.75. The highest BCUT2D eigenvalue weighted by Gasteiger charge is 2.25. The molecule has 0 fully saturated rings. The average molecular weight is 301 g/mol. The van der Waals surface area contributed by atoms with Gasteiger partial charge in [-0.3, -0.25) is 4.79 Å². The first kappa shape index (κ1) is 16.7. The van der Waals surface area contributed by atoms with E-state index in [4.69, 9.17) is 19.3 Å². The Bertz CT molecular complexity index is 602. The van der Waals surface area contributed by atoms with Gasteiger partial charge in [-0.05, 0) is 0 Å². The van der Waals surface area contributed by atoms with E-state index in [1.54, 1.807) is 0 Å². The Morgan fingerprint density at radius 3 is 2.14 bits per heavy atom. The average Bonchev–Trinajstić information content (AvgIpc) is 2.44. The summed E-state index contributed by atoms with van der Waals surface area (Å²) in [4.78, 5) is 34.3. The van der Waals surface area contributed by atoms with E-state index in [-0.39, 0.29) is 6.54 Å². The molecule has 0 aliphatic heterocycles. The first-order valence-corrected chi connectivity index (χ1v) is 5.70. The molecule has 0 spiro atoms. The minimum atomic E-state index is -1.49. The molecule has 0 saturated carbocycles. The van der Waals surface area contributed by atoms with Gasteiger partial charge in [-0.1, -0.05) is 0 Å². The number of aromatic nitrogens is 1. The van der Waals surface area contributed by atoms with Crippen LogP contribution in [0.25, 0.3) is 0 Å². The molecule has 1 aromatic heterocycles. The summed E-state index contributed by atoms with van der Waals surface area (Å²) in [6.07, 6.45) is 0.0961. The van der Waals surface area contributed by atoms with Crippen LogP contribution in [-0.4, -0.2) is 54.3 Å². The van der Waals surface area contributed by atoms with Gasteiger partial charge in [-0.2, -0.15) is 0 Å². The molecule has 1 rings (SSSR count). The SMILES string of the molecule is COc1c(C(=O)O)n(CC(OC)OC)cc(C(=O)O)c1=O. The van der Waals surface area contributed by atoms with Gasteiger partial charge in [-0.25, -0.2) is 9.59 Å². The summed E-state index contributed by atoms with van der Waals surface area (Å²) in [5.74, 6) is -3.49. The van der Waals surface area contributed by atoms with Crippen LogP contribution in [0.2, 0.25) is 0 Å². The van der Waals surface area contributed by atoms with Crippen molar-refractivity contribution in [3.8, 4) is 5.75 Å². The van der Waals surface area contributed by atoms with E-state index in [0.29, 0.717) is 0 Å². The van der Waals surface area contributed by atoms with Gasteiger partial charge in [0, 0.05) is 20.4 Å². The molecule has 0 radical (unpaired) electrons. The normalized spacial score (nSPS) is 10.7. The summed E-state index contributed by atoms with van der Waals surface area (Å²) in [7, 11) is 3.77. The van der Waals surface area contributed by atoms with Crippen LogP contribution in [0.5, 0.6) is 5.75 Å². The van der Waals surface area contributed by atoms with Gasteiger partial charge in [-0.15, -0.1) is 0 Å². The fraction of sp³-hybridized carbons (Fsp3) is 0.417. The van der Waals surface area contributed by atoms with Crippen LogP contribution in [-0.2, 0) is 16.0 Å². The standard InChI is InChI=1S/C12H15NO8/c1-19-7(20-2)5-13-4-6(11(15)16)9(14)10(21-3)8(13)12(17)18/h4,7H,5H2,1-3H3,(H,15,16)(H,17,18). The van der Waals surface area contributed by atoms with Gasteiger partial charge < -0.3 is 29.0 Å². The molecule has 0 amide bonds. The number of methoxy groups -OCH3 is 3. The van der Waals surface area contributed by atoms with Crippen molar-refractivity contribution in [2.24, 2.45) is 0 Å². The van der Waals surface area contributed by atoms with Crippen LogP contribution in [0, 0.1) is 0 Å². The third kappa shape index (κ3) is 3.38. The van der Waals surface area contributed by atoms with Crippen molar-refractivity contribution in [3.05, 3.63) is 27.7 Å². The maximum Gasteiger partial charge on any atom is 0.356 e. The Labute approximate surface area is 119 Å². The monoisotopic (exact) mass is 301 g/mol. The first-order chi connectivity index (χ1) is 9.87. The van der Waals surface area contributed by atoms with E-state index in [2.05, 4.69) is 0 Å². The summed E-state index contributed by atoms with van der Waals surface area (Å²) in [6.45, 7) is -0.133. The summed E-state index contributed by atoms with van der Waals surface area (Å²) in [6, 6.07) is 0. The van der Waals surface area contributed by atoms with Gasteiger partial charge in [0.1, 0.15) is 5.56 Å². The fourth-order valence-corrected chi connectivity index (χ4v) is 1.75. The van der Waals surface area contributed by atoms with Crippen molar-refractivity contribution in [2.75, 3.05) is 21.3 Å². The molecule has 0 bridgehead atoms. The quantitative estimate of drug-likeness (QED) is 0.667. The van der Waals surface area contributed by atoms with Crippen molar-refractivity contribution < 1.29 is 34.0 Å². The number of hydrogen-bond donors (Lipinski definition) is 2. The largest absolute Gasteiger partial charge is 0.491 e. The highest BCUT2D eigenvalue weighted by Crippen LogP contribution is 2.16. The molecule has 0 aromatic carbocycles. The molecule has 0 aliphatic rings. The van der Waals surface area contributed by atoms with E-state index >= 15 is 0 Å². The molecule has 0 unspecified atom stereocenters. The lowest BCUT2D eigenvalue weighted by molar-refractivity contribution is -0.111. The number of hydrogen-bond acceptors (Lipinski definition) is 6. The predicted octanol–water partition coefficient (Wildman–Crippen LogP) is -0.128. The third-order valence-corrected chi connectivity index (χ3v) is 2.75. The van der Waals surface area contributed by atoms with Crippen molar-refractivity contribution in [3.63, 3.8) is 0 Å². The van der Waals surface area contributed by atoms with Gasteiger partial charge in [0.25, 0.3) is 0 Å². The Morgan fingerprint density at radius 1 is 1.19 bits per heavy atom. The molecule has 0 aliphatic carbocycles. The van der Waals surface area contributed by atoms with Gasteiger partial charge >= 0.3 is 11.9 Å². The van der Waals surface area contributed by atoms with Crippen LogP contribution in [0.3, 0.4) is 0 Å². The summed E-state index contributed by atoms with van der Waals surface area (Å²) < 4.78 is 15.7. The molecule has 21 heavy (non-hydrogen) atoms. The van der Waals surface area contributed by atoms with Crippen molar-refractivity contribution >= 4 is 11.9 Å². The van der Waals surface area contributed by atoms with Gasteiger partial charge in [0.05, 0.1) is 13.7 Å². The second-order valence-electron chi connectivity index (χ2n) is 3.92. The lowest BCUT2D eigenvalue weighted by atomic mass is 10.2.